The topological polar surface area (TPSA) is 45.2 Å². The van der Waals surface area contributed by atoms with Crippen LogP contribution in [0.5, 0.6) is 0 Å². The molecule has 1 aromatic rings. The van der Waals surface area contributed by atoms with Crippen LogP contribution in [0.15, 0.2) is 24.5 Å². The summed E-state index contributed by atoms with van der Waals surface area (Å²) in [6.07, 6.45) is 4.17. The summed E-state index contributed by atoms with van der Waals surface area (Å²) in [5.74, 6) is 0.480. The molecule has 0 radical (unpaired) electrons. The van der Waals surface area contributed by atoms with Gasteiger partial charge in [0.15, 0.2) is 0 Å². The van der Waals surface area contributed by atoms with E-state index >= 15 is 0 Å². The van der Waals surface area contributed by atoms with Crippen LogP contribution in [0.3, 0.4) is 0 Å². The zero-order chi connectivity index (χ0) is 13.0. The lowest BCUT2D eigenvalue weighted by Gasteiger charge is -2.34. The van der Waals surface area contributed by atoms with Gasteiger partial charge in [-0.25, -0.2) is 0 Å². The summed E-state index contributed by atoms with van der Waals surface area (Å²) in [7, 11) is 0. The lowest BCUT2D eigenvalue weighted by Crippen LogP contribution is -2.52. The summed E-state index contributed by atoms with van der Waals surface area (Å²) >= 11 is 0. The highest BCUT2D eigenvalue weighted by Crippen LogP contribution is 2.19. The fourth-order valence-corrected chi connectivity index (χ4v) is 2.38. The van der Waals surface area contributed by atoms with Crippen molar-refractivity contribution in [3.05, 3.63) is 30.1 Å². The lowest BCUT2D eigenvalue weighted by molar-refractivity contribution is -0.134. The number of nitrogens with zero attached hydrogens (tertiary/aromatic N) is 2. The van der Waals surface area contributed by atoms with Crippen LogP contribution in [0.1, 0.15) is 31.7 Å². The largest absolute Gasteiger partial charge is 0.337 e. The van der Waals surface area contributed by atoms with Crippen LogP contribution in [0, 0.1) is 0 Å². The summed E-state index contributed by atoms with van der Waals surface area (Å²) in [4.78, 5) is 18.4. The molecule has 1 amide bonds. The van der Waals surface area contributed by atoms with Crippen molar-refractivity contribution in [3.63, 3.8) is 0 Å². The van der Waals surface area contributed by atoms with E-state index in [-0.39, 0.29) is 36.6 Å². The number of piperazine rings is 1. The van der Waals surface area contributed by atoms with E-state index in [0.29, 0.717) is 12.5 Å². The van der Waals surface area contributed by atoms with E-state index < -0.39 is 0 Å². The number of carbonyl (C=O) groups is 1. The minimum atomic E-state index is 0. The SMILES string of the molecule is CC(CC(=O)N1CCNC[C@H]1C)c1cccnc1.Cl.Cl. The van der Waals surface area contributed by atoms with Crippen LogP contribution in [0.2, 0.25) is 0 Å². The van der Waals surface area contributed by atoms with Crippen LogP contribution in [0.25, 0.3) is 0 Å². The van der Waals surface area contributed by atoms with Gasteiger partial charge in [0.1, 0.15) is 0 Å². The molecule has 0 spiro atoms. The maximum absolute atomic E-state index is 12.3. The minimum absolute atomic E-state index is 0. The molecule has 2 atom stereocenters. The van der Waals surface area contributed by atoms with E-state index in [1.54, 1.807) is 6.20 Å². The van der Waals surface area contributed by atoms with Crippen LogP contribution in [-0.4, -0.2) is 41.5 Å². The average molecular weight is 320 g/mol. The zero-order valence-electron chi connectivity index (χ0n) is 11.9. The number of hydrogen-bond acceptors (Lipinski definition) is 3. The third-order valence-electron chi connectivity index (χ3n) is 3.56. The van der Waals surface area contributed by atoms with Gasteiger partial charge in [-0.05, 0) is 24.5 Å². The Balaban J connectivity index is 0.00000180. The van der Waals surface area contributed by atoms with Gasteiger partial charge >= 0.3 is 0 Å². The van der Waals surface area contributed by atoms with Crippen molar-refractivity contribution in [3.8, 4) is 0 Å². The van der Waals surface area contributed by atoms with Crippen molar-refractivity contribution < 1.29 is 4.79 Å². The van der Waals surface area contributed by atoms with E-state index in [1.807, 2.05) is 23.2 Å². The van der Waals surface area contributed by atoms with Gasteiger partial charge in [0.25, 0.3) is 0 Å². The Morgan fingerprint density at radius 3 is 2.90 bits per heavy atom. The third-order valence-corrected chi connectivity index (χ3v) is 3.56. The Hall–Kier alpha value is -0.840. The molecule has 1 aromatic heterocycles. The first kappa shape index (κ1) is 19.2. The predicted octanol–water partition coefficient (Wildman–Crippen LogP) is 2.24. The summed E-state index contributed by atoms with van der Waals surface area (Å²) < 4.78 is 0. The first-order valence-electron chi connectivity index (χ1n) is 6.58. The van der Waals surface area contributed by atoms with E-state index in [0.717, 1.165) is 25.2 Å². The molecule has 0 saturated carbocycles. The van der Waals surface area contributed by atoms with E-state index in [2.05, 4.69) is 24.1 Å². The molecule has 0 bridgehead atoms. The molecule has 4 nitrogen and oxygen atoms in total. The van der Waals surface area contributed by atoms with Crippen molar-refractivity contribution in [1.82, 2.24) is 15.2 Å². The molecule has 114 valence electrons. The van der Waals surface area contributed by atoms with Crippen molar-refractivity contribution >= 4 is 30.7 Å². The number of nitrogens with one attached hydrogen (secondary N) is 1. The number of carbonyl (C=O) groups excluding carboxylic acids is 1. The van der Waals surface area contributed by atoms with Crippen molar-refractivity contribution in [2.24, 2.45) is 0 Å². The second-order valence-corrected chi connectivity index (χ2v) is 5.03. The molecule has 1 aliphatic heterocycles. The van der Waals surface area contributed by atoms with Gasteiger partial charge in [-0.1, -0.05) is 13.0 Å². The Kier molecular flexibility index (Phi) is 8.78. The minimum Gasteiger partial charge on any atom is -0.337 e. The molecule has 1 saturated heterocycles. The summed E-state index contributed by atoms with van der Waals surface area (Å²) in [5.41, 5.74) is 1.13. The van der Waals surface area contributed by atoms with Gasteiger partial charge in [0.05, 0.1) is 0 Å². The second kappa shape index (κ2) is 9.16. The van der Waals surface area contributed by atoms with Crippen LogP contribution in [0.4, 0.5) is 0 Å². The van der Waals surface area contributed by atoms with E-state index in [1.165, 1.54) is 0 Å². The number of pyridine rings is 1. The molecular formula is C14H23Cl2N3O. The van der Waals surface area contributed by atoms with Gasteiger partial charge in [0.2, 0.25) is 5.91 Å². The van der Waals surface area contributed by atoms with Crippen LogP contribution < -0.4 is 5.32 Å². The molecule has 0 aromatic carbocycles. The molecule has 6 heteroatoms. The fourth-order valence-electron chi connectivity index (χ4n) is 2.38. The maximum Gasteiger partial charge on any atom is 0.223 e. The Morgan fingerprint density at radius 1 is 1.55 bits per heavy atom. The standard InChI is InChI=1S/C14H21N3O.2ClH/c1-11(13-4-3-5-15-10-13)8-14(18)17-7-6-16-9-12(17)2;;/h3-5,10-12,16H,6-9H2,1-2H3;2*1H/t11?,12-;;/m1../s1. The normalized spacial score (nSPS) is 19.5. The first-order chi connectivity index (χ1) is 8.68. The van der Waals surface area contributed by atoms with Gasteiger partial charge in [-0.2, -0.15) is 0 Å². The molecule has 2 rings (SSSR count). The Morgan fingerprint density at radius 2 is 2.30 bits per heavy atom. The second-order valence-electron chi connectivity index (χ2n) is 5.03. The van der Waals surface area contributed by atoms with Crippen molar-refractivity contribution in [1.29, 1.82) is 0 Å². The lowest BCUT2D eigenvalue weighted by atomic mass is 9.98. The maximum atomic E-state index is 12.3. The highest BCUT2D eigenvalue weighted by atomic mass is 35.5. The zero-order valence-corrected chi connectivity index (χ0v) is 13.5. The number of aromatic nitrogens is 1. The molecular weight excluding hydrogens is 297 g/mol. The highest BCUT2D eigenvalue weighted by molar-refractivity contribution is 5.85. The number of halogens is 2. The van der Waals surface area contributed by atoms with Crippen molar-refractivity contribution in [2.75, 3.05) is 19.6 Å². The molecule has 2 heterocycles. The fraction of sp³-hybridized carbons (Fsp3) is 0.571. The quantitative estimate of drug-likeness (QED) is 0.929. The average Bonchev–Trinajstić information content (AvgIpc) is 2.40. The summed E-state index contributed by atoms with van der Waals surface area (Å²) in [6.45, 7) is 6.80. The van der Waals surface area contributed by atoms with Gasteiger partial charge in [-0.3, -0.25) is 9.78 Å². The molecule has 1 fully saturated rings. The summed E-state index contributed by atoms with van der Waals surface area (Å²) in [5, 5.41) is 3.30. The molecule has 0 aliphatic carbocycles. The van der Waals surface area contributed by atoms with Gasteiger partial charge in [-0.15, -0.1) is 24.8 Å². The first-order valence-corrected chi connectivity index (χ1v) is 6.58. The third kappa shape index (κ3) is 4.93. The Labute approximate surface area is 133 Å². The number of amides is 1. The van der Waals surface area contributed by atoms with Crippen molar-refractivity contribution in [2.45, 2.75) is 32.2 Å². The monoisotopic (exact) mass is 319 g/mol. The van der Waals surface area contributed by atoms with Crippen LogP contribution >= 0.6 is 24.8 Å². The number of hydrogen-bond donors (Lipinski definition) is 1. The van der Waals surface area contributed by atoms with Gasteiger partial charge in [0, 0.05) is 44.5 Å². The Bertz CT molecular complexity index is 403. The molecule has 20 heavy (non-hydrogen) atoms. The summed E-state index contributed by atoms with van der Waals surface area (Å²) in [6, 6.07) is 4.25. The number of rotatable bonds is 3. The smallest absolute Gasteiger partial charge is 0.223 e. The molecule has 1 aliphatic rings. The predicted molar refractivity (Wildman–Crippen MR) is 85.8 cm³/mol. The molecule has 1 N–H and O–H groups in total. The highest BCUT2D eigenvalue weighted by Gasteiger charge is 2.24. The van der Waals surface area contributed by atoms with Crippen LogP contribution in [-0.2, 0) is 4.79 Å². The molecule has 1 unspecified atom stereocenters. The van der Waals surface area contributed by atoms with E-state index in [4.69, 9.17) is 0 Å². The van der Waals surface area contributed by atoms with E-state index in [9.17, 15) is 4.79 Å². The van der Waals surface area contributed by atoms with Gasteiger partial charge < -0.3 is 10.2 Å².